The quantitative estimate of drug-likeness (QED) is 0.655. The lowest BCUT2D eigenvalue weighted by Crippen LogP contribution is -2.19. The van der Waals surface area contributed by atoms with Gasteiger partial charge in [-0.2, -0.15) is 4.39 Å². The summed E-state index contributed by atoms with van der Waals surface area (Å²) in [4.78, 5) is 11.5. The molecule has 0 spiro atoms. The van der Waals surface area contributed by atoms with Crippen LogP contribution in [-0.4, -0.2) is 26.5 Å². The van der Waals surface area contributed by atoms with Crippen molar-refractivity contribution >= 4 is 17.4 Å². The molecule has 0 aliphatic carbocycles. The van der Waals surface area contributed by atoms with Crippen LogP contribution in [0.5, 0.6) is 5.75 Å². The number of Topliss-reactive ketones (excluding diaryl/α,β-unsaturated/α-hetero) is 1. The van der Waals surface area contributed by atoms with Crippen molar-refractivity contribution in [1.82, 2.24) is 5.32 Å². The number of carbonyl (C=O) groups is 1. The molecule has 1 aromatic carbocycles. The van der Waals surface area contributed by atoms with Crippen molar-refractivity contribution in [2.24, 2.45) is 0 Å². The number of benzene rings is 1. The zero-order valence-electron chi connectivity index (χ0n) is 8.73. The van der Waals surface area contributed by atoms with E-state index in [4.69, 9.17) is 11.6 Å². The summed E-state index contributed by atoms with van der Waals surface area (Å²) >= 11 is 5.45. The van der Waals surface area contributed by atoms with E-state index in [0.717, 1.165) is 13.2 Å². The van der Waals surface area contributed by atoms with Gasteiger partial charge in [0, 0.05) is 0 Å². The Labute approximate surface area is 96.4 Å². The number of halogens is 3. The summed E-state index contributed by atoms with van der Waals surface area (Å²) in [6, 6.07) is 1.05. The van der Waals surface area contributed by atoms with E-state index >= 15 is 0 Å². The van der Waals surface area contributed by atoms with E-state index in [1.165, 1.54) is 0 Å². The molecule has 6 heteroatoms. The number of hydrogen-bond acceptors (Lipinski definition) is 3. The summed E-state index contributed by atoms with van der Waals surface area (Å²) in [6.07, 6.45) is 0. The highest BCUT2D eigenvalue weighted by Crippen LogP contribution is 2.30. The average molecular weight is 250 g/mol. The van der Waals surface area contributed by atoms with Crippen molar-refractivity contribution in [2.45, 2.75) is 0 Å². The van der Waals surface area contributed by atoms with Crippen LogP contribution in [0.2, 0.25) is 5.02 Å². The van der Waals surface area contributed by atoms with Crippen LogP contribution in [0, 0.1) is 11.6 Å². The number of hydrogen-bond donors (Lipinski definition) is 1. The first-order chi connectivity index (χ1) is 7.52. The maximum Gasteiger partial charge on any atom is 0.202 e. The first-order valence-electron chi connectivity index (χ1n) is 4.42. The Morgan fingerprint density at radius 3 is 2.62 bits per heavy atom. The standard InChI is InChI=1S/C10H10ClF2NO2/c1-14-4-7(15)5-3-6(11)8(12)9(13)10(5)16-2/h3,14H,4H2,1-2H3. The SMILES string of the molecule is CNCC(=O)c1cc(Cl)c(F)c(F)c1OC. The molecule has 1 rings (SSSR count). The summed E-state index contributed by atoms with van der Waals surface area (Å²) in [7, 11) is 2.72. The summed E-state index contributed by atoms with van der Waals surface area (Å²) in [5, 5.41) is 2.16. The topological polar surface area (TPSA) is 38.3 Å². The molecule has 0 aromatic heterocycles. The van der Waals surface area contributed by atoms with E-state index in [-0.39, 0.29) is 12.1 Å². The Morgan fingerprint density at radius 2 is 2.12 bits per heavy atom. The van der Waals surface area contributed by atoms with E-state index < -0.39 is 28.2 Å². The lowest BCUT2D eigenvalue weighted by Gasteiger charge is -2.10. The first-order valence-corrected chi connectivity index (χ1v) is 4.80. The van der Waals surface area contributed by atoms with Gasteiger partial charge in [0.1, 0.15) is 0 Å². The molecule has 0 aliphatic heterocycles. The van der Waals surface area contributed by atoms with Crippen molar-refractivity contribution in [1.29, 1.82) is 0 Å². The van der Waals surface area contributed by atoms with E-state index in [0.29, 0.717) is 0 Å². The van der Waals surface area contributed by atoms with Crippen LogP contribution >= 0.6 is 11.6 Å². The fourth-order valence-corrected chi connectivity index (χ4v) is 1.43. The van der Waals surface area contributed by atoms with E-state index in [1.54, 1.807) is 7.05 Å². The molecule has 0 saturated heterocycles. The largest absolute Gasteiger partial charge is 0.493 e. The maximum atomic E-state index is 13.4. The third-order valence-corrected chi connectivity index (χ3v) is 2.23. The Balaban J connectivity index is 3.33. The molecular weight excluding hydrogens is 240 g/mol. The number of likely N-dealkylation sites (N-methyl/N-ethyl adjacent to an activating group) is 1. The lowest BCUT2D eigenvalue weighted by molar-refractivity contribution is 0.0989. The number of ketones is 1. The molecule has 88 valence electrons. The molecule has 0 bridgehead atoms. The lowest BCUT2D eigenvalue weighted by atomic mass is 10.1. The minimum absolute atomic E-state index is 0.0161. The van der Waals surface area contributed by atoms with Gasteiger partial charge >= 0.3 is 0 Å². The molecule has 1 N–H and O–H groups in total. The van der Waals surface area contributed by atoms with Crippen molar-refractivity contribution in [3.63, 3.8) is 0 Å². The highest BCUT2D eigenvalue weighted by Gasteiger charge is 2.22. The van der Waals surface area contributed by atoms with Crippen LogP contribution in [0.4, 0.5) is 8.78 Å². The molecule has 0 fully saturated rings. The van der Waals surface area contributed by atoms with Gasteiger partial charge in [0.05, 0.1) is 24.2 Å². The van der Waals surface area contributed by atoms with Gasteiger partial charge in [0.25, 0.3) is 0 Å². The molecule has 0 radical (unpaired) electrons. The second kappa shape index (κ2) is 5.23. The van der Waals surface area contributed by atoms with E-state index in [1.807, 2.05) is 0 Å². The van der Waals surface area contributed by atoms with Gasteiger partial charge in [-0.1, -0.05) is 11.6 Å². The van der Waals surface area contributed by atoms with Crippen molar-refractivity contribution < 1.29 is 18.3 Å². The van der Waals surface area contributed by atoms with Crippen LogP contribution in [0.15, 0.2) is 6.07 Å². The normalized spacial score (nSPS) is 10.3. The van der Waals surface area contributed by atoms with Gasteiger partial charge in [-0.25, -0.2) is 4.39 Å². The van der Waals surface area contributed by atoms with Gasteiger partial charge in [-0.15, -0.1) is 0 Å². The zero-order chi connectivity index (χ0) is 12.3. The molecule has 0 unspecified atom stereocenters. The van der Waals surface area contributed by atoms with E-state index in [9.17, 15) is 13.6 Å². The number of carbonyl (C=O) groups excluding carboxylic acids is 1. The Kier molecular flexibility index (Phi) is 4.20. The fraction of sp³-hybridized carbons (Fsp3) is 0.300. The van der Waals surface area contributed by atoms with Crippen LogP contribution in [0.1, 0.15) is 10.4 Å². The molecule has 16 heavy (non-hydrogen) atoms. The number of methoxy groups -OCH3 is 1. The minimum atomic E-state index is -1.26. The maximum absolute atomic E-state index is 13.4. The summed E-state index contributed by atoms with van der Waals surface area (Å²) in [5.74, 6) is -3.34. The highest BCUT2D eigenvalue weighted by molar-refractivity contribution is 6.31. The Hall–Kier alpha value is -1.20. The van der Waals surface area contributed by atoms with Crippen LogP contribution in [-0.2, 0) is 0 Å². The average Bonchev–Trinajstić information content (AvgIpc) is 2.26. The molecule has 0 heterocycles. The number of rotatable bonds is 4. The predicted octanol–water partition coefficient (Wildman–Crippen LogP) is 2.03. The third kappa shape index (κ3) is 2.31. The van der Waals surface area contributed by atoms with Crippen molar-refractivity contribution in [3.8, 4) is 5.75 Å². The smallest absolute Gasteiger partial charge is 0.202 e. The summed E-state index contributed by atoms with van der Waals surface area (Å²) in [6.45, 7) is -0.0161. The van der Waals surface area contributed by atoms with Crippen LogP contribution in [0.25, 0.3) is 0 Å². The molecule has 0 saturated carbocycles. The Morgan fingerprint density at radius 1 is 1.50 bits per heavy atom. The van der Waals surface area contributed by atoms with Crippen molar-refractivity contribution in [3.05, 3.63) is 28.3 Å². The molecule has 1 aromatic rings. The fourth-order valence-electron chi connectivity index (χ4n) is 1.24. The summed E-state index contributed by atoms with van der Waals surface area (Å²) in [5.41, 5.74) is -0.0826. The third-order valence-electron chi connectivity index (χ3n) is 1.96. The van der Waals surface area contributed by atoms with Gasteiger partial charge in [-0.3, -0.25) is 4.79 Å². The predicted molar refractivity (Wildman–Crippen MR) is 56.2 cm³/mol. The molecule has 3 nitrogen and oxygen atoms in total. The number of nitrogens with one attached hydrogen (secondary N) is 1. The van der Waals surface area contributed by atoms with Gasteiger partial charge in [-0.05, 0) is 13.1 Å². The van der Waals surface area contributed by atoms with E-state index in [2.05, 4.69) is 10.1 Å². The molecule has 0 aliphatic rings. The molecular formula is C10H10ClF2NO2. The van der Waals surface area contributed by atoms with Gasteiger partial charge < -0.3 is 10.1 Å². The summed E-state index contributed by atoms with van der Waals surface area (Å²) < 4.78 is 31.1. The number of ether oxygens (including phenoxy) is 1. The molecule has 0 atom stereocenters. The second-order valence-corrected chi connectivity index (χ2v) is 3.43. The van der Waals surface area contributed by atoms with Crippen LogP contribution in [0.3, 0.4) is 0 Å². The highest BCUT2D eigenvalue weighted by atomic mass is 35.5. The van der Waals surface area contributed by atoms with Gasteiger partial charge in [0.15, 0.2) is 17.3 Å². The zero-order valence-corrected chi connectivity index (χ0v) is 9.49. The first kappa shape index (κ1) is 12.9. The van der Waals surface area contributed by atoms with Gasteiger partial charge in [0.2, 0.25) is 5.82 Å². The minimum Gasteiger partial charge on any atom is -0.493 e. The molecule has 0 amide bonds. The Bertz CT molecular complexity index is 424. The second-order valence-electron chi connectivity index (χ2n) is 3.02. The van der Waals surface area contributed by atoms with Crippen LogP contribution < -0.4 is 10.1 Å². The van der Waals surface area contributed by atoms with Crippen molar-refractivity contribution in [2.75, 3.05) is 20.7 Å². The monoisotopic (exact) mass is 249 g/mol.